The second kappa shape index (κ2) is 9.98. The minimum atomic E-state index is -1.42. The molecule has 0 radical (unpaired) electrons. The molecule has 32 heavy (non-hydrogen) atoms. The van der Waals surface area contributed by atoms with Gasteiger partial charge in [0.05, 0.1) is 5.56 Å². The number of ether oxygens (including phenoxy) is 1. The molecule has 2 aromatic carbocycles. The van der Waals surface area contributed by atoms with Gasteiger partial charge in [0.1, 0.15) is 0 Å². The summed E-state index contributed by atoms with van der Waals surface area (Å²) in [5, 5.41) is 0. The summed E-state index contributed by atoms with van der Waals surface area (Å²) >= 11 is 0. The van der Waals surface area contributed by atoms with Gasteiger partial charge < -0.3 is 4.74 Å². The van der Waals surface area contributed by atoms with E-state index in [-0.39, 0.29) is 22.6 Å². The molecule has 1 aliphatic carbocycles. The number of rotatable bonds is 6. The van der Waals surface area contributed by atoms with E-state index in [4.69, 9.17) is 4.74 Å². The van der Waals surface area contributed by atoms with Crippen LogP contribution in [-0.4, -0.2) is 5.97 Å². The number of carbonyl (C=O) groups is 1. The molecule has 0 N–H and O–H groups in total. The Labute approximate surface area is 184 Å². The number of hydrogen-bond donors (Lipinski definition) is 0. The highest BCUT2D eigenvalue weighted by Gasteiger charge is 2.23. The Hall–Kier alpha value is -3.15. The summed E-state index contributed by atoms with van der Waals surface area (Å²) in [5.41, 5.74) is 0.683. The Balaban J connectivity index is 1.77. The average Bonchev–Trinajstić information content (AvgIpc) is 2.80. The molecule has 2 aromatic rings. The van der Waals surface area contributed by atoms with Crippen molar-refractivity contribution in [3.8, 4) is 11.1 Å². The van der Waals surface area contributed by atoms with Gasteiger partial charge in [-0.3, -0.25) is 0 Å². The Bertz CT molecular complexity index is 1080. The SMILES string of the molecule is C=C(C)/C(F)=C(/F)C(=C)OC(=O)c1ccc(-c2ccc(C3CCCCC3)c(F)c2F)cc1. The summed E-state index contributed by atoms with van der Waals surface area (Å²) in [7, 11) is 0. The van der Waals surface area contributed by atoms with Gasteiger partial charge in [0.15, 0.2) is 23.2 Å². The molecule has 6 heteroatoms. The molecule has 0 amide bonds. The Morgan fingerprint density at radius 1 is 0.906 bits per heavy atom. The van der Waals surface area contributed by atoms with E-state index in [1.165, 1.54) is 37.3 Å². The van der Waals surface area contributed by atoms with Gasteiger partial charge in [-0.2, -0.15) is 4.39 Å². The molecule has 0 heterocycles. The van der Waals surface area contributed by atoms with Crippen molar-refractivity contribution >= 4 is 5.97 Å². The maximum absolute atomic E-state index is 14.8. The first-order valence-electron chi connectivity index (χ1n) is 10.4. The molecule has 0 aliphatic heterocycles. The highest BCUT2D eigenvalue weighted by Crippen LogP contribution is 2.37. The maximum atomic E-state index is 14.8. The Kier molecular flexibility index (Phi) is 7.33. The molecule has 1 fully saturated rings. The minimum absolute atomic E-state index is 0.0122. The molecule has 3 rings (SSSR count). The van der Waals surface area contributed by atoms with Crippen LogP contribution in [0.5, 0.6) is 0 Å². The van der Waals surface area contributed by atoms with E-state index in [0.29, 0.717) is 11.1 Å². The van der Waals surface area contributed by atoms with E-state index < -0.39 is 35.0 Å². The Morgan fingerprint density at radius 2 is 1.53 bits per heavy atom. The lowest BCUT2D eigenvalue weighted by Crippen LogP contribution is -2.08. The first-order chi connectivity index (χ1) is 15.2. The van der Waals surface area contributed by atoms with E-state index in [2.05, 4.69) is 13.2 Å². The fraction of sp³-hybridized carbons (Fsp3) is 0.269. The van der Waals surface area contributed by atoms with Crippen molar-refractivity contribution in [3.05, 3.63) is 95.3 Å². The van der Waals surface area contributed by atoms with Crippen LogP contribution in [0, 0.1) is 11.6 Å². The summed E-state index contributed by atoms with van der Waals surface area (Å²) in [6.45, 7) is 7.73. The van der Waals surface area contributed by atoms with Crippen molar-refractivity contribution in [1.29, 1.82) is 0 Å². The normalized spacial score (nSPS) is 15.2. The fourth-order valence-electron chi connectivity index (χ4n) is 3.83. The van der Waals surface area contributed by atoms with Crippen molar-refractivity contribution in [2.45, 2.75) is 44.9 Å². The molecule has 168 valence electrons. The van der Waals surface area contributed by atoms with Crippen LogP contribution in [0.2, 0.25) is 0 Å². The number of esters is 1. The molecule has 0 atom stereocenters. The standard InChI is InChI=1S/C26H24F4O2/c1-15(2)22(27)23(28)16(3)32-26(31)19-11-9-18(10-12-19)21-14-13-20(24(29)25(21)30)17-7-5-4-6-8-17/h9-14,17H,1,3-8H2,2H3/b23-22-. The topological polar surface area (TPSA) is 26.3 Å². The second-order valence-electron chi connectivity index (χ2n) is 7.96. The zero-order valence-electron chi connectivity index (χ0n) is 17.8. The molecule has 1 saturated carbocycles. The van der Waals surface area contributed by atoms with Crippen LogP contribution in [0.1, 0.15) is 60.9 Å². The van der Waals surface area contributed by atoms with Crippen LogP contribution in [0.15, 0.2) is 72.5 Å². The highest BCUT2D eigenvalue weighted by atomic mass is 19.2. The lowest BCUT2D eigenvalue weighted by atomic mass is 9.83. The highest BCUT2D eigenvalue weighted by molar-refractivity contribution is 5.91. The largest absolute Gasteiger partial charge is 0.420 e. The summed E-state index contributed by atoms with van der Waals surface area (Å²) in [6.07, 6.45) is 4.84. The molecule has 0 unspecified atom stereocenters. The van der Waals surface area contributed by atoms with Gasteiger partial charge in [-0.1, -0.05) is 56.7 Å². The zero-order valence-corrected chi connectivity index (χ0v) is 17.8. The molecule has 0 spiro atoms. The van der Waals surface area contributed by atoms with Gasteiger partial charge in [0, 0.05) is 5.56 Å². The zero-order chi connectivity index (χ0) is 23.4. The third-order valence-corrected chi connectivity index (χ3v) is 5.62. The fourth-order valence-corrected chi connectivity index (χ4v) is 3.83. The van der Waals surface area contributed by atoms with Crippen LogP contribution >= 0.6 is 0 Å². The van der Waals surface area contributed by atoms with Crippen LogP contribution < -0.4 is 0 Å². The van der Waals surface area contributed by atoms with Gasteiger partial charge in [0.2, 0.25) is 5.83 Å². The molecular formula is C26H24F4O2. The van der Waals surface area contributed by atoms with E-state index in [1.54, 1.807) is 6.07 Å². The first kappa shape index (κ1) is 23.5. The van der Waals surface area contributed by atoms with Gasteiger partial charge in [-0.05, 0) is 54.5 Å². The van der Waals surface area contributed by atoms with E-state index in [1.807, 2.05) is 0 Å². The van der Waals surface area contributed by atoms with Crippen molar-refractivity contribution in [2.75, 3.05) is 0 Å². The van der Waals surface area contributed by atoms with Crippen LogP contribution in [0.3, 0.4) is 0 Å². The van der Waals surface area contributed by atoms with Crippen molar-refractivity contribution in [2.24, 2.45) is 0 Å². The predicted molar refractivity (Wildman–Crippen MR) is 116 cm³/mol. The predicted octanol–water partition coefficient (Wildman–Crippen LogP) is 8.08. The van der Waals surface area contributed by atoms with Gasteiger partial charge in [-0.25, -0.2) is 18.0 Å². The number of halogens is 4. The van der Waals surface area contributed by atoms with E-state index >= 15 is 0 Å². The minimum Gasteiger partial charge on any atom is -0.420 e. The molecular weight excluding hydrogens is 420 g/mol. The van der Waals surface area contributed by atoms with Crippen molar-refractivity contribution in [1.82, 2.24) is 0 Å². The third-order valence-electron chi connectivity index (χ3n) is 5.62. The number of benzene rings is 2. The van der Waals surface area contributed by atoms with E-state index in [0.717, 1.165) is 32.1 Å². The quantitative estimate of drug-likeness (QED) is 0.195. The maximum Gasteiger partial charge on any atom is 0.343 e. The van der Waals surface area contributed by atoms with Gasteiger partial charge >= 0.3 is 5.97 Å². The molecule has 0 aromatic heterocycles. The second-order valence-corrected chi connectivity index (χ2v) is 7.96. The summed E-state index contributed by atoms with van der Waals surface area (Å²) in [5.74, 6) is -6.17. The smallest absolute Gasteiger partial charge is 0.343 e. The molecule has 2 nitrogen and oxygen atoms in total. The average molecular weight is 444 g/mol. The van der Waals surface area contributed by atoms with Crippen LogP contribution in [0.4, 0.5) is 17.6 Å². The number of allylic oxidation sites excluding steroid dienone is 3. The van der Waals surface area contributed by atoms with E-state index in [9.17, 15) is 22.4 Å². The summed E-state index contributed by atoms with van der Waals surface area (Å²) in [4.78, 5) is 12.2. The van der Waals surface area contributed by atoms with Crippen LogP contribution in [-0.2, 0) is 4.74 Å². The lowest BCUT2D eigenvalue weighted by Gasteiger charge is -2.23. The third kappa shape index (κ3) is 5.01. The van der Waals surface area contributed by atoms with Crippen molar-refractivity contribution < 1.29 is 27.1 Å². The first-order valence-corrected chi connectivity index (χ1v) is 10.4. The lowest BCUT2D eigenvalue weighted by molar-refractivity contribution is 0.0623. The molecule has 0 bridgehead atoms. The number of carbonyl (C=O) groups excluding carboxylic acids is 1. The van der Waals surface area contributed by atoms with Gasteiger partial charge in [-0.15, -0.1) is 0 Å². The monoisotopic (exact) mass is 444 g/mol. The summed E-state index contributed by atoms with van der Waals surface area (Å²) < 4.78 is 61.7. The summed E-state index contributed by atoms with van der Waals surface area (Å²) in [6, 6.07) is 8.68. The van der Waals surface area contributed by atoms with Crippen molar-refractivity contribution in [3.63, 3.8) is 0 Å². The van der Waals surface area contributed by atoms with Crippen LogP contribution in [0.25, 0.3) is 11.1 Å². The Morgan fingerprint density at radius 3 is 2.12 bits per heavy atom. The van der Waals surface area contributed by atoms with Gasteiger partial charge in [0.25, 0.3) is 0 Å². The number of hydrogen-bond acceptors (Lipinski definition) is 2. The molecule has 1 aliphatic rings. The molecule has 0 saturated heterocycles.